The van der Waals surface area contributed by atoms with Crippen molar-refractivity contribution in [1.29, 1.82) is 0 Å². The van der Waals surface area contributed by atoms with E-state index in [2.05, 4.69) is 10.5 Å². The van der Waals surface area contributed by atoms with Gasteiger partial charge in [0, 0.05) is 18.4 Å². The number of nitrogens with two attached hydrogens (primary N) is 1. The molecule has 0 spiro atoms. The largest absolute Gasteiger partial charge is 0.409 e. The summed E-state index contributed by atoms with van der Waals surface area (Å²) in [6, 6.07) is -0.0883. The predicted octanol–water partition coefficient (Wildman–Crippen LogP) is 0.674. The number of amidine groups is 1. The second-order valence-corrected chi connectivity index (χ2v) is 4.33. The van der Waals surface area contributed by atoms with Crippen molar-refractivity contribution < 1.29 is 10.0 Å². The zero-order chi connectivity index (χ0) is 11.4. The lowest BCUT2D eigenvalue weighted by atomic mass is 10.1. The van der Waals surface area contributed by atoms with Crippen molar-refractivity contribution in [3.8, 4) is 0 Å². The summed E-state index contributed by atoms with van der Waals surface area (Å²) in [6.07, 6.45) is 2.69. The van der Waals surface area contributed by atoms with Crippen molar-refractivity contribution in [3.05, 3.63) is 0 Å². The summed E-state index contributed by atoms with van der Waals surface area (Å²) in [7, 11) is 0. The number of carbonyl (C=O) groups is 1. The Morgan fingerprint density at radius 3 is 2.67 bits per heavy atom. The highest BCUT2D eigenvalue weighted by atomic mass is 16.4. The van der Waals surface area contributed by atoms with Gasteiger partial charge in [-0.2, -0.15) is 0 Å². The molecule has 2 atom stereocenters. The number of nitrogens with one attached hydrogen (secondary N) is 1. The van der Waals surface area contributed by atoms with Crippen LogP contribution in [0.5, 0.6) is 0 Å². The maximum Gasteiger partial charge on any atom is 0.223 e. The average Bonchev–Trinajstić information content (AvgIpc) is 2.99. The van der Waals surface area contributed by atoms with Crippen LogP contribution in [-0.2, 0) is 4.79 Å². The molecule has 1 saturated carbocycles. The van der Waals surface area contributed by atoms with Gasteiger partial charge < -0.3 is 16.3 Å². The fraction of sp³-hybridized carbons (Fsp3) is 0.800. The van der Waals surface area contributed by atoms with Crippen molar-refractivity contribution in [2.75, 3.05) is 0 Å². The van der Waals surface area contributed by atoms with E-state index in [0.717, 1.165) is 12.8 Å². The first-order chi connectivity index (χ1) is 7.04. The third-order valence-corrected chi connectivity index (χ3v) is 2.78. The zero-order valence-electron chi connectivity index (χ0n) is 9.23. The van der Waals surface area contributed by atoms with E-state index >= 15 is 0 Å². The highest BCUT2D eigenvalue weighted by Crippen LogP contribution is 2.36. The quantitative estimate of drug-likeness (QED) is 0.271. The Labute approximate surface area is 89.7 Å². The molecular weight excluding hydrogens is 194 g/mol. The Hall–Kier alpha value is -1.26. The average molecular weight is 213 g/mol. The van der Waals surface area contributed by atoms with Crippen molar-refractivity contribution in [1.82, 2.24) is 5.32 Å². The van der Waals surface area contributed by atoms with E-state index in [1.165, 1.54) is 0 Å². The number of carbonyl (C=O) groups excluding carboxylic acids is 1. The van der Waals surface area contributed by atoms with E-state index in [4.69, 9.17) is 10.9 Å². The SMILES string of the molecule is CC(CC(N)=NO)NC(=O)C(C)C1CC1. The monoisotopic (exact) mass is 213 g/mol. The second kappa shape index (κ2) is 5.00. The Bertz CT molecular complexity index is 261. The Morgan fingerprint density at radius 1 is 1.60 bits per heavy atom. The number of amides is 1. The number of rotatable bonds is 5. The van der Waals surface area contributed by atoms with Crippen molar-refractivity contribution >= 4 is 11.7 Å². The van der Waals surface area contributed by atoms with Crippen LogP contribution in [0.25, 0.3) is 0 Å². The maximum atomic E-state index is 11.7. The minimum atomic E-state index is -0.0883. The lowest BCUT2D eigenvalue weighted by Crippen LogP contribution is -2.39. The summed E-state index contributed by atoms with van der Waals surface area (Å²) < 4.78 is 0. The molecule has 0 aliphatic heterocycles. The van der Waals surface area contributed by atoms with Gasteiger partial charge in [-0.3, -0.25) is 4.79 Å². The van der Waals surface area contributed by atoms with Gasteiger partial charge in [-0.1, -0.05) is 12.1 Å². The molecule has 0 bridgehead atoms. The van der Waals surface area contributed by atoms with Gasteiger partial charge >= 0.3 is 0 Å². The molecule has 1 aliphatic carbocycles. The van der Waals surface area contributed by atoms with E-state index in [1.807, 2.05) is 13.8 Å². The minimum Gasteiger partial charge on any atom is -0.409 e. The van der Waals surface area contributed by atoms with Gasteiger partial charge in [0.05, 0.1) is 0 Å². The molecule has 0 radical (unpaired) electrons. The molecule has 2 unspecified atom stereocenters. The molecule has 0 aromatic heterocycles. The molecule has 15 heavy (non-hydrogen) atoms. The Morgan fingerprint density at radius 2 is 2.20 bits per heavy atom. The van der Waals surface area contributed by atoms with Gasteiger partial charge in [0.25, 0.3) is 0 Å². The summed E-state index contributed by atoms with van der Waals surface area (Å²) in [6.45, 7) is 3.79. The van der Waals surface area contributed by atoms with Crippen LogP contribution >= 0.6 is 0 Å². The summed E-state index contributed by atoms with van der Waals surface area (Å²) in [5, 5.41) is 14.1. The highest BCUT2D eigenvalue weighted by Gasteiger charge is 2.32. The first kappa shape index (κ1) is 11.8. The molecule has 1 fully saturated rings. The molecule has 5 nitrogen and oxygen atoms in total. The van der Waals surface area contributed by atoms with E-state index in [0.29, 0.717) is 12.3 Å². The van der Waals surface area contributed by atoms with Crippen LogP contribution in [0.15, 0.2) is 5.16 Å². The number of hydrogen-bond acceptors (Lipinski definition) is 3. The van der Waals surface area contributed by atoms with Gasteiger partial charge in [0.1, 0.15) is 5.84 Å². The van der Waals surface area contributed by atoms with Gasteiger partial charge in [0.15, 0.2) is 0 Å². The number of hydrogen-bond donors (Lipinski definition) is 3. The van der Waals surface area contributed by atoms with Crippen LogP contribution in [0.4, 0.5) is 0 Å². The van der Waals surface area contributed by atoms with Crippen LogP contribution in [0.1, 0.15) is 33.1 Å². The lowest BCUT2D eigenvalue weighted by Gasteiger charge is -2.16. The van der Waals surface area contributed by atoms with Gasteiger partial charge in [-0.15, -0.1) is 0 Å². The van der Waals surface area contributed by atoms with Gasteiger partial charge in [-0.25, -0.2) is 0 Å². The van der Waals surface area contributed by atoms with Crippen LogP contribution in [0.3, 0.4) is 0 Å². The zero-order valence-corrected chi connectivity index (χ0v) is 9.23. The molecule has 1 amide bonds. The molecule has 0 heterocycles. The van der Waals surface area contributed by atoms with E-state index in [-0.39, 0.29) is 23.7 Å². The van der Waals surface area contributed by atoms with E-state index < -0.39 is 0 Å². The molecule has 1 aliphatic rings. The fourth-order valence-corrected chi connectivity index (χ4v) is 1.59. The summed E-state index contributed by atoms with van der Waals surface area (Å²) in [4.78, 5) is 11.7. The Kier molecular flexibility index (Phi) is 3.94. The fourth-order valence-electron chi connectivity index (χ4n) is 1.59. The van der Waals surface area contributed by atoms with Crippen LogP contribution in [0.2, 0.25) is 0 Å². The second-order valence-electron chi connectivity index (χ2n) is 4.33. The number of nitrogens with zero attached hydrogens (tertiary/aromatic N) is 1. The predicted molar refractivity (Wildman–Crippen MR) is 57.5 cm³/mol. The maximum absolute atomic E-state index is 11.7. The van der Waals surface area contributed by atoms with Gasteiger partial charge in [0.2, 0.25) is 5.91 Å². The lowest BCUT2D eigenvalue weighted by molar-refractivity contribution is -0.125. The molecule has 0 aromatic carbocycles. The van der Waals surface area contributed by atoms with Crippen LogP contribution < -0.4 is 11.1 Å². The first-order valence-electron chi connectivity index (χ1n) is 5.31. The molecular formula is C10H19N3O2. The van der Waals surface area contributed by atoms with Crippen LogP contribution in [-0.4, -0.2) is 23.0 Å². The van der Waals surface area contributed by atoms with Crippen molar-refractivity contribution in [2.24, 2.45) is 22.7 Å². The first-order valence-corrected chi connectivity index (χ1v) is 5.31. The van der Waals surface area contributed by atoms with Crippen LogP contribution in [0, 0.1) is 11.8 Å². The molecule has 1 rings (SSSR count). The smallest absolute Gasteiger partial charge is 0.223 e. The standard InChI is InChI=1S/C10H19N3O2/c1-6(5-9(11)13-15)12-10(14)7(2)8-3-4-8/h6-8,15H,3-5H2,1-2H3,(H2,11,13)(H,12,14). The summed E-state index contributed by atoms with van der Waals surface area (Å²) >= 11 is 0. The summed E-state index contributed by atoms with van der Waals surface area (Å²) in [5.74, 6) is 0.846. The normalized spacial score (nSPS) is 20.8. The minimum absolute atomic E-state index is 0.0655. The Balaban J connectivity index is 2.30. The summed E-state index contributed by atoms with van der Waals surface area (Å²) in [5.41, 5.74) is 5.35. The van der Waals surface area contributed by atoms with Crippen molar-refractivity contribution in [2.45, 2.75) is 39.2 Å². The third-order valence-electron chi connectivity index (χ3n) is 2.78. The molecule has 0 saturated heterocycles. The topological polar surface area (TPSA) is 87.7 Å². The molecule has 4 N–H and O–H groups in total. The highest BCUT2D eigenvalue weighted by molar-refractivity contribution is 5.82. The molecule has 0 aromatic rings. The number of oxime groups is 1. The third kappa shape index (κ3) is 3.77. The molecule has 86 valence electrons. The van der Waals surface area contributed by atoms with E-state index in [1.54, 1.807) is 0 Å². The van der Waals surface area contributed by atoms with Crippen molar-refractivity contribution in [3.63, 3.8) is 0 Å². The molecule has 5 heteroatoms. The van der Waals surface area contributed by atoms with E-state index in [9.17, 15) is 4.79 Å². The van der Waals surface area contributed by atoms with Gasteiger partial charge in [-0.05, 0) is 25.7 Å².